The number of urea groups is 1. The Morgan fingerprint density at radius 3 is 2.71 bits per heavy atom. The molecule has 4 rings (SSSR count). The van der Waals surface area contributed by atoms with E-state index < -0.39 is 12.1 Å². The number of para-hydroxylation sites is 1. The van der Waals surface area contributed by atoms with E-state index in [-0.39, 0.29) is 23.8 Å². The lowest BCUT2D eigenvalue weighted by Gasteiger charge is -2.39. The number of rotatable bonds is 4. The summed E-state index contributed by atoms with van der Waals surface area (Å²) in [6.07, 6.45) is 2.05. The van der Waals surface area contributed by atoms with E-state index in [2.05, 4.69) is 24.5 Å². The minimum Gasteiger partial charge on any atom is -0.341 e. The summed E-state index contributed by atoms with van der Waals surface area (Å²) in [6.45, 7) is 7.64. The molecule has 0 aliphatic carbocycles. The van der Waals surface area contributed by atoms with Crippen LogP contribution >= 0.6 is 11.8 Å². The molecule has 2 N–H and O–H groups in total. The summed E-state index contributed by atoms with van der Waals surface area (Å²) in [5.41, 5.74) is 2.47. The number of hydrogen-bond acceptors (Lipinski definition) is 4. The second-order valence-corrected chi connectivity index (χ2v) is 10.9. The van der Waals surface area contributed by atoms with E-state index >= 15 is 0 Å². The maximum absolute atomic E-state index is 13.6. The Labute approximate surface area is 205 Å². The molecule has 180 valence electrons. The van der Waals surface area contributed by atoms with Crippen LogP contribution in [0.15, 0.2) is 53.4 Å². The molecule has 0 radical (unpaired) electrons. The number of nitrogens with one attached hydrogen (secondary N) is 2. The Hall–Kier alpha value is -3.00. The highest BCUT2D eigenvalue weighted by Gasteiger charge is 2.35. The van der Waals surface area contributed by atoms with E-state index in [0.717, 1.165) is 23.3 Å². The third kappa shape index (κ3) is 5.73. The Balaban J connectivity index is 1.51. The van der Waals surface area contributed by atoms with Gasteiger partial charge in [0.2, 0.25) is 5.91 Å². The van der Waals surface area contributed by atoms with E-state index in [1.807, 2.05) is 54.3 Å². The molecule has 1 atom stereocenters. The highest BCUT2D eigenvalue weighted by Crippen LogP contribution is 2.35. The first kappa shape index (κ1) is 24.1. The number of carbonyl (C=O) groups is 3. The van der Waals surface area contributed by atoms with Gasteiger partial charge < -0.3 is 20.4 Å². The lowest BCUT2D eigenvalue weighted by atomic mass is 9.84. The number of fused-ring (bicyclic) bond motifs is 1. The highest BCUT2D eigenvalue weighted by atomic mass is 32.2. The molecule has 0 unspecified atom stereocenters. The van der Waals surface area contributed by atoms with Crippen molar-refractivity contribution in [2.75, 3.05) is 35.6 Å². The molecule has 1 saturated heterocycles. The number of hydrogen-bond donors (Lipinski definition) is 2. The minimum absolute atomic E-state index is 0.0375. The molecule has 4 amide bonds. The van der Waals surface area contributed by atoms with Gasteiger partial charge in [0.1, 0.15) is 12.6 Å². The molecule has 0 bridgehead atoms. The quantitative estimate of drug-likeness (QED) is 0.685. The van der Waals surface area contributed by atoms with Crippen LogP contribution in [0, 0.1) is 12.3 Å². The van der Waals surface area contributed by atoms with Crippen molar-refractivity contribution < 1.29 is 14.4 Å². The van der Waals surface area contributed by atoms with Crippen molar-refractivity contribution in [3.05, 3.63) is 54.1 Å². The minimum atomic E-state index is -0.757. The summed E-state index contributed by atoms with van der Waals surface area (Å²) < 4.78 is 0. The second-order valence-electron chi connectivity index (χ2n) is 9.81. The van der Waals surface area contributed by atoms with Crippen LogP contribution in [0.4, 0.5) is 16.2 Å². The summed E-state index contributed by atoms with van der Waals surface area (Å²) in [5.74, 6) is 0.0469. The SMILES string of the molecule is Cc1cccc(NC(=O)N[C@H]2CSc3ccccc3N(CC(=O)N3CCCC(C)(C)C3)C2=O)c1. The third-order valence-electron chi connectivity index (χ3n) is 6.25. The number of amides is 4. The molecular formula is C26H32N4O3S. The van der Waals surface area contributed by atoms with Crippen LogP contribution in [0.1, 0.15) is 32.3 Å². The summed E-state index contributed by atoms with van der Waals surface area (Å²) in [5, 5.41) is 5.62. The Morgan fingerprint density at radius 1 is 1.15 bits per heavy atom. The number of aryl methyl sites for hydroxylation is 1. The van der Waals surface area contributed by atoms with Crippen molar-refractivity contribution in [1.29, 1.82) is 0 Å². The van der Waals surface area contributed by atoms with Crippen molar-refractivity contribution >= 4 is 41.0 Å². The molecule has 2 aromatic carbocycles. The van der Waals surface area contributed by atoms with Crippen LogP contribution in [0.2, 0.25) is 0 Å². The zero-order chi connectivity index (χ0) is 24.3. The van der Waals surface area contributed by atoms with Crippen molar-refractivity contribution in [2.45, 2.75) is 44.6 Å². The zero-order valence-corrected chi connectivity index (χ0v) is 20.8. The first-order valence-corrected chi connectivity index (χ1v) is 12.7. The number of thioether (sulfide) groups is 1. The fraction of sp³-hybridized carbons (Fsp3) is 0.423. The van der Waals surface area contributed by atoms with E-state index in [9.17, 15) is 14.4 Å². The van der Waals surface area contributed by atoms with Gasteiger partial charge in [-0.15, -0.1) is 11.8 Å². The fourth-order valence-corrected chi connectivity index (χ4v) is 5.61. The fourth-order valence-electron chi connectivity index (χ4n) is 4.54. The van der Waals surface area contributed by atoms with Crippen molar-refractivity contribution in [1.82, 2.24) is 10.2 Å². The molecule has 2 aliphatic rings. The number of likely N-dealkylation sites (tertiary alicyclic amines) is 1. The summed E-state index contributed by atoms with van der Waals surface area (Å²) in [4.78, 5) is 43.9. The van der Waals surface area contributed by atoms with Crippen LogP contribution in [-0.4, -0.2) is 54.2 Å². The van der Waals surface area contributed by atoms with Crippen LogP contribution in [0.5, 0.6) is 0 Å². The predicted octanol–water partition coefficient (Wildman–Crippen LogP) is 4.27. The number of benzene rings is 2. The number of nitrogens with zero attached hydrogens (tertiary/aromatic N) is 2. The average Bonchev–Trinajstić information content (AvgIpc) is 2.91. The van der Waals surface area contributed by atoms with Crippen LogP contribution in [0.25, 0.3) is 0 Å². The molecule has 8 heteroatoms. The average molecular weight is 481 g/mol. The van der Waals surface area contributed by atoms with Crippen molar-refractivity contribution in [3.8, 4) is 0 Å². The van der Waals surface area contributed by atoms with Crippen molar-refractivity contribution in [3.63, 3.8) is 0 Å². The summed E-state index contributed by atoms with van der Waals surface area (Å²) in [6, 6.07) is 13.9. The van der Waals surface area contributed by atoms with Crippen LogP contribution < -0.4 is 15.5 Å². The van der Waals surface area contributed by atoms with Gasteiger partial charge in [-0.25, -0.2) is 4.79 Å². The lowest BCUT2D eigenvalue weighted by molar-refractivity contribution is -0.134. The molecule has 2 aromatic rings. The molecule has 2 heterocycles. The molecule has 1 fully saturated rings. The lowest BCUT2D eigenvalue weighted by Crippen LogP contribution is -2.54. The molecule has 7 nitrogen and oxygen atoms in total. The number of piperidine rings is 1. The van der Waals surface area contributed by atoms with E-state index in [1.165, 1.54) is 16.7 Å². The zero-order valence-electron chi connectivity index (χ0n) is 20.0. The number of anilines is 2. The Bertz CT molecular complexity index is 1090. The van der Waals surface area contributed by atoms with Gasteiger partial charge in [-0.3, -0.25) is 9.59 Å². The summed E-state index contributed by atoms with van der Waals surface area (Å²) >= 11 is 1.51. The van der Waals surface area contributed by atoms with E-state index in [0.29, 0.717) is 30.2 Å². The molecule has 0 aromatic heterocycles. The van der Waals surface area contributed by atoms with Gasteiger partial charge in [-0.2, -0.15) is 0 Å². The van der Waals surface area contributed by atoms with E-state index in [4.69, 9.17) is 0 Å². The van der Waals surface area contributed by atoms with Gasteiger partial charge in [0.15, 0.2) is 0 Å². The monoisotopic (exact) mass is 480 g/mol. The van der Waals surface area contributed by atoms with Gasteiger partial charge >= 0.3 is 6.03 Å². The van der Waals surface area contributed by atoms with Crippen LogP contribution in [0.3, 0.4) is 0 Å². The highest BCUT2D eigenvalue weighted by molar-refractivity contribution is 7.99. The van der Waals surface area contributed by atoms with Gasteiger partial charge in [-0.1, -0.05) is 38.1 Å². The van der Waals surface area contributed by atoms with E-state index in [1.54, 1.807) is 6.07 Å². The topological polar surface area (TPSA) is 81.8 Å². The molecule has 34 heavy (non-hydrogen) atoms. The normalized spacial score (nSPS) is 19.7. The first-order chi connectivity index (χ1) is 16.2. The third-order valence-corrected chi connectivity index (χ3v) is 7.41. The Kier molecular flexibility index (Phi) is 7.16. The van der Waals surface area contributed by atoms with Gasteiger partial charge in [0.25, 0.3) is 5.91 Å². The van der Waals surface area contributed by atoms with Gasteiger partial charge in [-0.05, 0) is 55.0 Å². The van der Waals surface area contributed by atoms with Crippen molar-refractivity contribution in [2.24, 2.45) is 5.41 Å². The molecular weight excluding hydrogens is 448 g/mol. The maximum atomic E-state index is 13.6. The van der Waals surface area contributed by atoms with Crippen LogP contribution in [-0.2, 0) is 9.59 Å². The number of carbonyl (C=O) groups excluding carboxylic acids is 3. The second kappa shape index (κ2) is 10.1. The predicted molar refractivity (Wildman–Crippen MR) is 136 cm³/mol. The Morgan fingerprint density at radius 2 is 1.94 bits per heavy atom. The van der Waals surface area contributed by atoms with Gasteiger partial charge in [0.05, 0.1) is 5.69 Å². The first-order valence-electron chi connectivity index (χ1n) is 11.7. The maximum Gasteiger partial charge on any atom is 0.319 e. The van der Waals surface area contributed by atoms with Gasteiger partial charge in [0, 0.05) is 29.4 Å². The summed E-state index contributed by atoms with van der Waals surface area (Å²) in [7, 11) is 0. The smallest absolute Gasteiger partial charge is 0.319 e. The molecule has 2 aliphatic heterocycles. The largest absolute Gasteiger partial charge is 0.341 e. The molecule has 0 spiro atoms. The standard InChI is InChI=1S/C26H32N4O3S/c1-18-8-6-9-19(14-18)27-25(33)28-20-16-34-22-11-5-4-10-21(22)30(24(20)32)15-23(31)29-13-7-12-26(2,3)17-29/h4-6,8-11,14,20H,7,12-13,15-17H2,1-3H3,(H2,27,28,33)/t20-/m0/s1. The molecule has 0 saturated carbocycles.